The first kappa shape index (κ1) is 15.9. The molecular weight excluding hydrogens is 268 g/mol. The maximum atomic E-state index is 9.96. The van der Waals surface area contributed by atoms with E-state index >= 15 is 0 Å². The lowest BCUT2D eigenvalue weighted by Crippen LogP contribution is -2.51. The minimum absolute atomic E-state index is 0.0629. The highest BCUT2D eigenvalue weighted by atomic mass is 16.5. The van der Waals surface area contributed by atoms with Gasteiger partial charge in [-0.3, -0.25) is 9.80 Å². The fourth-order valence-corrected chi connectivity index (χ4v) is 2.98. The lowest BCUT2D eigenvalue weighted by atomic mass is 10.1. The Kier molecular flexibility index (Phi) is 5.31. The van der Waals surface area contributed by atoms with E-state index in [4.69, 9.17) is 9.47 Å². The number of nitrogens with zero attached hydrogens (tertiary/aromatic N) is 2. The number of rotatable bonds is 5. The van der Waals surface area contributed by atoms with Gasteiger partial charge in [-0.2, -0.15) is 0 Å². The van der Waals surface area contributed by atoms with Crippen molar-refractivity contribution >= 4 is 0 Å². The van der Waals surface area contributed by atoms with Crippen molar-refractivity contribution in [3.05, 3.63) is 17.7 Å². The molecule has 1 unspecified atom stereocenters. The summed E-state index contributed by atoms with van der Waals surface area (Å²) in [7, 11) is 3.11. The molecule has 1 aromatic carbocycles. The predicted octanol–water partition coefficient (Wildman–Crippen LogP) is 1.94. The summed E-state index contributed by atoms with van der Waals surface area (Å²) in [6.07, 6.45) is 0. The van der Waals surface area contributed by atoms with Gasteiger partial charge in [0, 0.05) is 32.2 Å². The Labute approximate surface area is 127 Å². The Balaban J connectivity index is 2.09. The maximum absolute atomic E-state index is 9.96. The molecule has 1 aromatic rings. The number of likely N-dealkylation sites (N-methyl/N-ethyl adjacent to an activating group) is 1. The summed E-state index contributed by atoms with van der Waals surface area (Å²) >= 11 is 0. The number of ether oxygens (including phenoxy) is 2. The molecule has 0 aromatic heterocycles. The second kappa shape index (κ2) is 7.00. The normalized spacial score (nSPS) is 20.5. The highest BCUT2D eigenvalue weighted by Crippen LogP contribution is 2.37. The summed E-state index contributed by atoms with van der Waals surface area (Å²) in [5.41, 5.74) is 1.10. The molecule has 0 bridgehead atoms. The Morgan fingerprint density at radius 3 is 2.29 bits per heavy atom. The number of benzene rings is 1. The number of phenols is 1. The SMILES string of the molecule is CCN1CCN(Cc2cc(OC)c(O)c(OC)c2)CC1C. The van der Waals surface area contributed by atoms with E-state index in [9.17, 15) is 5.11 Å². The topological polar surface area (TPSA) is 45.2 Å². The summed E-state index contributed by atoms with van der Waals surface area (Å²) in [5.74, 6) is 0.988. The van der Waals surface area contributed by atoms with Crippen molar-refractivity contribution in [2.45, 2.75) is 26.4 Å². The summed E-state index contributed by atoms with van der Waals surface area (Å²) < 4.78 is 10.4. The van der Waals surface area contributed by atoms with Crippen LogP contribution >= 0.6 is 0 Å². The minimum atomic E-state index is 0.0629. The largest absolute Gasteiger partial charge is 0.502 e. The van der Waals surface area contributed by atoms with Crippen LogP contribution in [0.25, 0.3) is 0 Å². The van der Waals surface area contributed by atoms with Crippen molar-refractivity contribution in [1.29, 1.82) is 0 Å². The first-order valence-corrected chi connectivity index (χ1v) is 7.49. The Morgan fingerprint density at radius 2 is 1.81 bits per heavy atom. The van der Waals surface area contributed by atoms with Gasteiger partial charge in [-0.05, 0) is 31.2 Å². The second-order valence-corrected chi connectivity index (χ2v) is 5.56. The third-order valence-electron chi connectivity index (χ3n) is 4.20. The number of aromatic hydroxyl groups is 1. The van der Waals surface area contributed by atoms with E-state index < -0.39 is 0 Å². The molecule has 0 amide bonds. The zero-order valence-corrected chi connectivity index (χ0v) is 13.4. The molecule has 21 heavy (non-hydrogen) atoms. The van der Waals surface area contributed by atoms with Crippen LogP contribution in [0.4, 0.5) is 0 Å². The molecule has 0 spiro atoms. The van der Waals surface area contributed by atoms with E-state index in [-0.39, 0.29) is 5.75 Å². The van der Waals surface area contributed by atoms with Gasteiger partial charge in [-0.1, -0.05) is 6.92 Å². The number of hydrogen-bond acceptors (Lipinski definition) is 5. The fourth-order valence-electron chi connectivity index (χ4n) is 2.98. The number of methoxy groups -OCH3 is 2. The molecule has 1 aliphatic heterocycles. The predicted molar refractivity (Wildman–Crippen MR) is 83.2 cm³/mol. The summed E-state index contributed by atoms with van der Waals surface area (Å²) in [5, 5.41) is 9.96. The average molecular weight is 294 g/mol. The molecule has 5 heteroatoms. The average Bonchev–Trinajstić information content (AvgIpc) is 2.49. The molecule has 1 heterocycles. The summed E-state index contributed by atoms with van der Waals surface area (Å²) in [6.45, 7) is 9.65. The Hall–Kier alpha value is -1.46. The van der Waals surface area contributed by atoms with Crippen LogP contribution in [-0.4, -0.2) is 61.3 Å². The van der Waals surface area contributed by atoms with Gasteiger partial charge in [0.1, 0.15) is 0 Å². The van der Waals surface area contributed by atoms with E-state index in [0.717, 1.165) is 38.3 Å². The van der Waals surface area contributed by atoms with Crippen LogP contribution in [0.1, 0.15) is 19.4 Å². The molecule has 5 nitrogen and oxygen atoms in total. The fraction of sp³-hybridized carbons (Fsp3) is 0.625. The summed E-state index contributed by atoms with van der Waals surface area (Å²) in [4.78, 5) is 4.93. The van der Waals surface area contributed by atoms with Crippen molar-refractivity contribution < 1.29 is 14.6 Å². The van der Waals surface area contributed by atoms with Crippen molar-refractivity contribution in [2.75, 3.05) is 40.4 Å². The first-order chi connectivity index (χ1) is 10.1. The maximum Gasteiger partial charge on any atom is 0.200 e. The van der Waals surface area contributed by atoms with Gasteiger partial charge in [-0.25, -0.2) is 0 Å². The van der Waals surface area contributed by atoms with E-state index in [1.807, 2.05) is 12.1 Å². The van der Waals surface area contributed by atoms with Crippen molar-refractivity contribution in [3.63, 3.8) is 0 Å². The van der Waals surface area contributed by atoms with E-state index in [2.05, 4.69) is 23.6 Å². The van der Waals surface area contributed by atoms with E-state index in [0.29, 0.717) is 17.5 Å². The van der Waals surface area contributed by atoms with Crippen LogP contribution in [0, 0.1) is 0 Å². The van der Waals surface area contributed by atoms with Crippen LogP contribution in [0.15, 0.2) is 12.1 Å². The first-order valence-electron chi connectivity index (χ1n) is 7.49. The molecule has 2 rings (SSSR count). The van der Waals surface area contributed by atoms with Gasteiger partial charge in [0.2, 0.25) is 5.75 Å². The molecule has 118 valence electrons. The van der Waals surface area contributed by atoms with Crippen molar-refractivity contribution in [1.82, 2.24) is 9.80 Å². The van der Waals surface area contributed by atoms with Gasteiger partial charge >= 0.3 is 0 Å². The zero-order chi connectivity index (χ0) is 15.4. The smallest absolute Gasteiger partial charge is 0.200 e. The van der Waals surface area contributed by atoms with Crippen LogP contribution in [0.2, 0.25) is 0 Å². The second-order valence-electron chi connectivity index (χ2n) is 5.56. The van der Waals surface area contributed by atoms with Crippen molar-refractivity contribution in [2.24, 2.45) is 0 Å². The van der Waals surface area contributed by atoms with Crippen molar-refractivity contribution in [3.8, 4) is 17.2 Å². The molecule has 1 saturated heterocycles. The lowest BCUT2D eigenvalue weighted by molar-refractivity contribution is 0.0833. The molecular formula is C16H26N2O3. The van der Waals surface area contributed by atoms with Crippen LogP contribution < -0.4 is 9.47 Å². The Bertz CT molecular complexity index is 454. The number of phenolic OH excluding ortho intramolecular Hbond substituents is 1. The minimum Gasteiger partial charge on any atom is -0.502 e. The van der Waals surface area contributed by atoms with E-state index in [1.165, 1.54) is 0 Å². The molecule has 1 fully saturated rings. The van der Waals surface area contributed by atoms with Gasteiger partial charge in [0.05, 0.1) is 14.2 Å². The lowest BCUT2D eigenvalue weighted by Gasteiger charge is -2.39. The van der Waals surface area contributed by atoms with Gasteiger partial charge in [0.25, 0.3) is 0 Å². The van der Waals surface area contributed by atoms with Crippen LogP contribution in [-0.2, 0) is 6.54 Å². The number of piperazine rings is 1. The quantitative estimate of drug-likeness (QED) is 0.899. The van der Waals surface area contributed by atoms with Crippen LogP contribution in [0.5, 0.6) is 17.2 Å². The highest BCUT2D eigenvalue weighted by molar-refractivity contribution is 5.52. The Morgan fingerprint density at radius 1 is 1.19 bits per heavy atom. The standard InChI is InChI=1S/C16H26N2O3/c1-5-18-7-6-17(10-12(18)2)11-13-8-14(20-3)16(19)15(9-13)21-4/h8-9,12,19H,5-7,10-11H2,1-4H3. The zero-order valence-electron chi connectivity index (χ0n) is 13.4. The molecule has 0 radical (unpaired) electrons. The van der Waals surface area contributed by atoms with E-state index in [1.54, 1.807) is 14.2 Å². The van der Waals surface area contributed by atoms with Gasteiger partial charge < -0.3 is 14.6 Å². The van der Waals surface area contributed by atoms with Crippen LogP contribution in [0.3, 0.4) is 0 Å². The third kappa shape index (κ3) is 3.60. The molecule has 1 atom stereocenters. The number of hydrogen-bond donors (Lipinski definition) is 1. The highest BCUT2D eigenvalue weighted by Gasteiger charge is 2.23. The monoisotopic (exact) mass is 294 g/mol. The molecule has 0 aliphatic carbocycles. The molecule has 0 saturated carbocycles. The van der Waals surface area contributed by atoms with Gasteiger partial charge in [0.15, 0.2) is 11.5 Å². The molecule has 1 N–H and O–H groups in total. The summed E-state index contributed by atoms with van der Waals surface area (Å²) in [6, 6.07) is 4.34. The molecule has 1 aliphatic rings. The third-order valence-corrected chi connectivity index (χ3v) is 4.20. The van der Waals surface area contributed by atoms with Gasteiger partial charge in [-0.15, -0.1) is 0 Å².